The first-order valence-electron chi connectivity index (χ1n) is 11.5. The van der Waals surface area contributed by atoms with Crippen molar-refractivity contribution in [3.8, 4) is 0 Å². The van der Waals surface area contributed by atoms with E-state index >= 15 is 0 Å². The summed E-state index contributed by atoms with van der Waals surface area (Å²) in [5, 5.41) is 3.61. The predicted octanol–water partition coefficient (Wildman–Crippen LogP) is 3.93. The molecule has 3 heterocycles. The number of halogens is 3. The Morgan fingerprint density at radius 2 is 1.89 bits per heavy atom. The highest BCUT2D eigenvalue weighted by Gasteiger charge is 2.62. The minimum Gasteiger partial charge on any atom is -0.373 e. The number of aryl methyl sites for hydroxylation is 1. The smallest absolute Gasteiger partial charge is 0.266 e. The summed E-state index contributed by atoms with van der Waals surface area (Å²) in [6.45, 7) is 1.64. The fourth-order valence-electron chi connectivity index (χ4n) is 5.95. The van der Waals surface area contributed by atoms with Gasteiger partial charge in [-0.2, -0.15) is 0 Å². The van der Waals surface area contributed by atoms with E-state index in [0.29, 0.717) is 46.8 Å². The highest BCUT2D eigenvalue weighted by atomic mass is 32.2. The summed E-state index contributed by atoms with van der Waals surface area (Å²) in [5.74, 6) is 4.19. The molecule has 1 spiro atoms. The molecule has 0 unspecified atom stereocenters. The second kappa shape index (κ2) is 8.31. The van der Waals surface area contributed by atoms with Crippen LogP contribution in [0.15, 0.2) is 35.4 Å². The molecule has 7 nitrogen and oxygen atoms in total. The van der Waals surface area contributed by atoms with Crippen molar-refractivity contribution < 1.29 is 22.1 Å². The van der Waals surface area contributed by atoms with Gasteiger partial charge in [0.15, 0.2) is 0 Å². The molecular weight excluding hydrogens is 493 g/mol. The second-order valence-electron chi connectivity index (χ2n) is 10.1. The van der Waals surface area contributed by atoms with Gasteiger partial charge in [0.25, 0.3) is 12.0 Å². The van der Waals surface area contributed by atoms with Crippen LogP contribution in [0.3, 0.4) is 0 Å². The first kappa shape index (κ1) is 24.8. The SMILES string of the molecule is C=S1(=O)CC2(CC(OC)(c3cc4c(N[C@H](C)c5cccc(C(F)F)c5F)ncnc4n(C)c3=O)C2)C1. The monoisotopic (exact) mass is 520 g/mol. The number of pyridine rings is 1. The molecule has 5 rings (SSSR count). The molecule has 2 aliphatic rings. The minimum absolute atomic E-state index is 0.0701. The van der Waals surface area contributed by atoms with Crippen LogP contribution in [0.5, 0.6) is 0 Å². The third-order valence-corrected chi connectivity index (χ3v) is 9.74. The fourth-order valence-corrected chi connectivity index (χ4v) is 8.50. The highest BCUT2D eigenvalue weighted by molar-refractivity contribution is 8.01. The number of anilines is 1. The third kappa shape index (κ3) is 3.80. The molecular formula is C25H27F3N4O3S. The standard InChI is InChI=1S/C25H27F3N4O3S/c1-14(15-6-5-7-16(19(15)26)20(27)28)31-21-17-8-18(23(33)32(2)22(17)30-13-29-21)25(35-3)9-24(10-25)11-36(4,34)12-24/h5-8,13-14,20H,4,9-12H2,1-3H3,(H,29,30,31)/t14-,24?,25?,36?/m1/s1. The zero-order chi connectivity index (χ0) is 26.0. The van der Waals surface area contributed by atoms with Crippen LogP contribution in [0.4, 0.5) is 19.0 Å². The van der Waals surface area contributed by atoms with Gasteiger partial charge in [0.1, 0.15) is 23.6 Å². The lowest BCUT2D eigenvalue weighted by Gasteiger charge is -2.60. The summed E-state index contributed by atoms with van der Waals surface area (Å²) >= 11 is 0. The molecule has 11 heteroatoms. The quantitative estimate of drug-likeness (QED) is 0.496. The number of fused-ring (bicyclic) bond motifs is 1. The molecule has 1 atom stereocenters. The molecule has 0 amide bonds. The van der Waals surface area contributed by atoms with Gasteiger partial charge in [0.2, 0.25) is 0 Å². The fraction of sp³-hybridized carbons (Fsp3) is 0.440. The number of aromatic nitrogens is 3. The van der Waals surface area contributed by atoms with E-state index in [1.165, 1.54) is 23.0 Å². The number of methoxy groups -OCH3 is 1. The molecule has 2 aromatic heterocycles. The van der Waals surface area contributed by atoms with Crippen molar-refractivity contribution in [3.63, 3.8) is 0 Å². The molecule has 1 aliphatic carbocycles. The van der Waals surface area contributed by atoms with Crippen LogP contribution in [0, 0.1) is 11.2 Å². The topological polar surface area (TPSA) is 86.1 Å². The number of nitrogens with zero attached hydrogens (tertiary/aromatic N) is 3. The van der Waals surface area contributed by atoms with Gasteiger partial charge in [-0.15, -0.1) is 0 Å². The van der Waals surface area contributed by atoms with E-state index in [1.54, 1.807) is 27.1 Å². The van der Waals surface area contributed by atoms with E-state index in [2.05, 4.69) is 21.2 Å². The largest absolute Gasteiger partial charge is 0.373 e. The van der Waals surface area contributed by atoms with E-state index in [0.717, 1.165) is 6.07 Å². The van der Waals surface area contributed by atoms with Gasteiger partial charge in [-0.25, -0.2) is 23.1 Å². The van der Waals surface area contributed by atoms with E-state index < -0.39 is 39.0 Å². The number of hydrogen-bond donors (Lipinski definition) is 1. The Labute approximate surface area is 206 Å². The van der Waals surface area contributed by atoms with Crippen LogP contribution in [-0.2, 0) is 26.9 Å². The van der Waals surface area contributed by atoms with Crippen molar-refractivity contribution in [3.05, 3.63) is 63.5 Å². The first-order valence-corrected chi connectivity index (χ1v) is 13.5. The summed E-state index contributed by atoms with van der Waals surface area (Å²) < 4.78 is 60.7. The Morgan fingerprint density at radius 3 is 2.50 bits per heavy atom. The Bertz CT molecular complexity index is 1520. The molecule has 1 saturated heterocycles. The summed E-state index contributed by atoms with van der Waals surface area (Å²) in [6.07, 6.45) is -0.533. The van der Waals surface area contributed by atoms with Gasteiger partial charge in [-0.3, -0.25) is 13.6 Å². The molecule has 1 saturated carbocycles. The number of benzene rings is 1. The summed E-state index contributed by atoms with van der Waals surface area (Å²) in [5.41, 5.74) is -1.03. The van der Waals surface area contributed by atoms with Gasteiger partial charge >= 0.3 is 0 Å². The lowest BCUT2D eigenvalue weighted by molar-refractivity contribution is -0.147. The highest BCUT2D eigenvalue weighted by Crippen LogP contribution is 2.60. The maximum atomic E-state index is 14.8. The van der Waals surface area contributed by atoms with Crippen LogP contribution in [0.25, 0.3) is 11.0 Å². The van der Waals surface area contributed by atoms with Gasteiger partial charge in [-0.1, -0.05) is 18.2 Å². The van der Waals surface area contributed by atoms with Crippen molar-refractivity contribution >= 4 is 32.2 Å². The first-order chi connectivity index (χ1) is 16.9. The Hall–Kier alpha value is -2.92. The maximum absolute atomic E-state index is 14.8. The van der Waals surface area contributed by atoms with Gasteiger partial charge < -0.3 is 10.1 Å². The number of ether oxygens (including phenoxy) is 1. The molecule has 1 aliphatic heterocycles. The molecule has 192 valence electrons. The Kier molecular flexibility index (Phi) is 5.71. The number of alkyl halides is 2. The minimum atomic E-state index is -2.93. The van der Waals surface area contributed by atoms with Crippen LogP contribution in [0.1, 0.15) is 48.9 Å². The van der Waals surface area contributed by atoms with E-state index in [-0.39, 0.29) is 16.5 Å². The molecule has 2 fully saturated rings. The van der Waals surface area contributed by atoms with Crippen molar-refractivity contribution in [1.29, 1.82) is 0 Å². The Morgan fingerprint density at radius 1 is 1.22 bits per heavy atom. The van der Waals surface area contributed by atoms with Gasteiger partial charge in [0.05, 0.1) is 28.2 Å². The third-order valence-electron chi connectivity index (χ3n) is 7.46. The number of nitrogens with one attached hydrogen (secondary N) is 1. The molecule has 3 aromatic rings. The van der Waals surface area contributed by atoms with Crippen molar-refractivity contribution in [1.82, 2.24) is 14.5 Å². The average molecular weight is 521 g/mol. The van der Waals surface area contributed by atoms with E-state index in [1.807, 2.05) is 0 Å². The van der Waals surface area contributed by atoms with Crippen molar-refractivity contribution in [2.24, 2.45) is 12.5 Å². The molecule has 0 bridgehead atoms. The zero-order valence-corrected chi connectivity index (χ0v) is 21.0. The zero-order valence-electron chi connectivity index (χ0n) is 20.2. The molecule has 36 heavy (non-hydrogen) atoms. The number of rotatable bonds is 6. The lowest BCUT2D eigenvalue weighted by Crippen LogP contribution is -2.64. The van der Waals surface area contributed by atoms with Crippen LogP contribution >= 0.6 is 0 Å². The molecule has 1 N–H and O–H groups in total. The number of hydrogen-bond acceptors (Lipinski definition) is 6. The van der Waals surface area contributed by atoms with Crippen LogP contribution < -0.4 is 10.9 Å². The van der Waals surface area contributed by atoms with E-state index in [4.69, 9.17) is 4.74 Å². The second-order valence-corrected chi connectivity index (χ2v) is 12.6. The van der Waals surface area contributed by atoms with Crippen LogP contribution in [-0.4, -0.2) is 43.2 Å². The lowest BCUT2D eigenvalue weighted by atomic mass is 9.58. The van der Waals surface area contributed by atoms with Gasteiger partial charge in [-0.05, 0) is 46.6 Å². The van der Waals surface area contributed by atoms with E-state index in [9.17, 15) is 22.2 Å². The van der Waals surface area contributed by atoms with Crippen LogP contribution in [0.2, 0.25) is 0 Å². The molecule has 0 radical (unpaired) electrons. The van der Waals surface area contributed by atoms with Gasteiger partial charge in [0, 0.05) is 31.2 Å². The summed E-state index contributed by atoms with van der Waals surface area (Å²) in [4.78, 5) is 21.9. The predicted molar refractivity (Wildman–Crippen MR) is 134 cm³/mol. The summed E-state index contributed by atoms with van der Waals surface area (Å²) in [7, 11) is 1.11. The Balaban J connectivity index is 1.54. The average Bonchev–Trinajstić information content (AvgIpc) is 2.78. The summed E-state index contributed by atoms with van der Waals surface area (Å²) in [6, 6.07) is 4.87. The van der Waals surface area contributed by atoms with Crippen molar-refractivity contribution in [2.45, 2.75) is 37.8 Å². The normalized spacial score (nSPS) is 28.2. The maximum Gasteiger partial charge on any atom is 0.266 e. The molecule has 1 aromatic carbocycles. The van der Waals surface area contributed by atoms with Crippen molar-refractivity contribution in [2.75, 3.05) is 23.9 Å².